The monoisotopic (exact) mass is 262 g/mol. The van der Waals surface area contributed by atoms with Crippen LogP contribution in [0.15, 0.2) is 24.3 Å². The van der Waals surface area contributed by atoms with Gasteiger partial charge in [-0.2, -0.15) is 0 Å². The number of aryl methyl sites for hydroxylation is 1. The molecule has 1 saturated heterocycles. The first-order chi connectivity index (χ1) is 8.99. The normalized spacial score (nSPS) is 26.0. The molecule has 106 valence electrons. The number of likely N-dealkylation sites (tertiary alicyclic amines) is 1. The van der Waals surface area contributed by atoms with Gasteiger partial charge in [0.05, 0.1) is 6.10 Å². The van der Waals surface area contributed by atoms with E-state index >= 15 is 0 Å². The number of aliphatic hydroxyl groups excluding tert-OH is 1. The number of hydrogen-bond acceptors (Lipinski definition) is 3. The molecule has 1 N–H and O–H groups in total. The first-order valence-electron chi connectivity index (χ1n) is 7.11. The van der Waals surface area contributed by atoms with E-state index in [9.17, 15) is 5.11 Å². The number of likely N-dealkylation sites (N-methyl/N-ethyl adjacent to an activating group) is 1. The van der Waals surface area contributed by atoms with Crippen LogP contribution in [-0.2, 0) is 0 Å². The van der Waals surface area contributed by atoms with Gasteiger partial charge < -0.3 is 10.0 Å². The summed E-state index contributed by atoms with van der Waals surface area (Å²) in [7, 11) is 4.28. The lowest BCUT2D eigenvalue weighted by Crippen LogP contribution is -2.35. The molecule has 0 amide bonds. The third-order valence-electron chi connectivity index (χ3n) is 4.29. The molecule has 3 unspecified atom stereocenters. The van der Waals surface area contributed by atoms with Gasteiger partial charge in [0.2, 0.25) is 0 Å². The van der Waals surface area contributed by atoms with Gasteiger partial charge in [0.1, 0.15) is 0 Å². The Bertz CT molecular complexity index is 419. The van der Waals surface area contributed by atoms with Crippen molar-refractivity contribution in [2.24, 2.45) is 5.92 Å². The number of β-amino-alcohol motifs (C(OH)–C–C–N with tert-alkyl or cyclic N) is 1. The van der Waals surface area contributed by atoms with Gasteiger partial charge in [0, 0.05) is 25.7 Å². The van der Waals surface area contributed by atoms with Crippen LogP contribution in [0.25, 0.3) is 0 Å². The SMILES string of the molecule is Cc1ccccc1C(O)CN1CC(C)C(N(C)C)C1. The van der Waals surface area contributed by atoms with Crippen molar-refractivity contribution in [3.05, 3.63) is 35.4 Å². The zero-order chi connectivity index (χ0) is 14.0. The van der Waals surface area contributed by atoms with Gasteiger partial charge in [-0.15, -0.1) is 0 Å². The van der Waals surface area contributed by atoms with E-state index in [4.69, 9.17) is 0 Å². The van der Waals surface area contributed by atoms with E-state index in [2.05, 4.69) is 43.8 Å². The minimum absolute atomic E-state index is 0.380. The Labute approximate surface area is 116 Å². The molecule has 1 aliphatic rings. The summed E-state index contributed by atoms with van der Waals surface area (Å²) in [5.74, 6) is 0.666. The van der Waals surface area contributed by atoms with Crippen LogP contribution in [0, 0.1) is 12.8 Å². The van der Waals surface area contributed by atoms with Crippen molar-refractivity contribution in [1.29, 1.82) is 0 Å². The molecule has 0 spiro atoms. The molecule has 2 rings (SSSR count). The number of hydrogen-bond donors (Lipinski definition) is 1. The molecule has 1 aliphatic heterocycles. The predicted molar refractivity (Wildman–Crippen MR) is 79.2 cm³/mol. The minimum Gasteiger partial charge on any atom is -0.387 e. The molecule has 3 atom stereocenters. The van der Waals surface area contributed by atoms with Gasteiger partial charge in [-0.25, -0.2) is 0 Å². The largest absolute Gasteiger partial charge is 0.387 e. The van der Waals surface area contributed by atoms with Crippen LogP contribution in [0.3, 0.4) is 0 Å². The van der Waals surface area contributed by atoms with Crippen molar-refractivity contribution in [3.8, 4) is 0 Å². The molecule has 3 nitrogen and oxygen atoms in total. The van der Waals surface area contributed by atoms with Crippen LogP contribution < -0.4 is 0 Å². The fraction of sp³-hybridized carbons (Fsp3) is 0.625. The highest BCUT2D eigenvalue weighted by atomic mass is 16.3. The second-order valence-electron chi connectivity index (χ2n) is 6.10. The van der Waals surface area contributed by atoms with Gasteiger partial charge in [-0.1, -0.05) is 31.2 Å². The predicted octanol–water partition coefficient (Wildman–Crippen LogP) is 1.91. The standard InChI is InChI=1S/C16H26N2O/c1-12-7-5-6-8-14(12)16(19)11-18-9-13(2)15(10-18)17(3)4/h5-8,13,15-16,19H,9-11H2,1-4H3. The Balaban J connectivity index is 1.97. The molecule has 0 radical (unpaired) electrons. The topological polar surface area (TPSA) is 26.7 Å². The molecule has 0 aromatic heterocycles. The number of benzene rings is 1. The Morgan fingerprint density at radius 1 is 1.32 bits per heavy atom. The minimum atomic E-state index is -0.380. The molecular weight excluding hydrogens is 236 g/mol. The zero-order valence-corrected chi connectivity index (χ0v) is 12.5. The van der Waals surface area contributed by atoms with E-state index < -0.39 is 0 Å². The van der Waals surface area contributed by atoms with Crippen molar-refractivity contribution in [2.45, 2.75) is 26.0 Å². The zero-order valence-electron chi connectivity index (χ0n) is 12.5. The first kappa shape index (κ1) is 14.5. The molecule has 1 aromatic rings. The van der Waals surface area contributed by atoms with Gasteiger partial charge in [-0.3, -0.25) is 4.90 Å². The fourth-order valence-corrected chi connectivity index (χ4v) is 3.17. The Morgan fingerprint density at radius 2 is 2.00 bits per heavy atom. The molecule has 0 aliphatic carbocycles. The van der Waals surface area contributed by atoms with Gasteiger partial charge in [-0.05, 0) is 38.1 Å². The van der Waals surface area contributed by atoms with Crippen LogP contribution in [0.5, 0.6) is 0 Å². The summed E-state index contributed by atoms with van der Waals surface area (Å²) in [6.45, 7) is 7.22. The van der Waals surface area contributed by atoms with E-state index in [1.54, 1.807) is 0 Å². The number of nitrogens with zero attached hydrogens (tertiary/aromatic N) is 2. The van der Waals surface area contributed by atoms with Gasteiger partial charge in [0.15, 0.2) is 0 Å². The summed E-state index contributed by atoms with van der Waals surface area (Å²) in [4.78, 5) is 4.68. The summed E-state index contributed by atoms with van der Waals surface area (Å²) < 4.78 is 0. The molecule has 0 bridgehead atoms. The summed E-state index contributed by atoms with van der Waals surface area (Å²) in [5.41, 5.74) is 2.23. The molecule has 1 heterocycles. The molecule has 3 heteroatoms. The van der Waals surface area contributed by atoms with Crippen molar-refractivity contribution in [2.75, 3.05) is 33.7 Å². The summed E-state index contributed by atoms with van der Waals surface area (Å²) in [5, 5.41) is 10.4. The van der Waals surface area contributed by atoms with Crippen LogP contribution >= 0.6 is 0 Å². The third kappa shape index (κ3) is 3.35. The van der Waals surface area contributed by atoms with E-state index in [-0.39, 0.29) is 6.10 Å². The van der Waals surface area contributed by atoms with Crippen molar-refractivity contribution < 1.29 is 5.11 Å². The summed E-state index contributed by atoms with van der Waals surface area (Å²) >= 11 is 0. The maximum absolute atomic E-state index is 10.4. The van der Waals surface area contributed by atoms with E-state index in [0.29, 0.717) is 12.0 Å². The van der Waals surface area contributed by atoms with Crippen LogP contribution in [-0.4, -0.2) is 54.7 Å². The van der Waals surface area contributed by atoms with Crippen LogP contribution in [0.2, 0.25) is 0 Å². The highest BCUT2D eigenvalue weighted by molar-refractivity contribution is 5.27. The second-order valence-corrected chi connectivity index (χ2v) is 6.10. The Kier molecular flexibility index (Phi) is 4.61. The van der Waals surface area contributed by atoms with Crippen molar-refractivity contribution >= 4 is 0 Å². The quantitative estimate of drug-likeness (QED) is 0.898. The third-order valence-corrected chi connectivity index (χ3v) is 4.29. The Hall–Kier alpha value is -0.900. The lowest BCUT2D eigenvalue weighted by Gasteiger charge is -2.23. The maximum Gasteiger partial charge on any atom is 0.0919 e. The fourth-order valence-electron chi connectivity index (χ4n) is 3.17. The average molecular weight is 262 g/mol. The summed E-state index contributed by atoms with van der Waals surface area (Å²) in [6.07, 6.45) is -0.380. The van der Waals surface area contributed by atoms with Crippen molar-refractivity contribution in [1.82, 2.24) is 9.80 Å². The van der Waals surface area contributed by atoms with Crippen LogP contribution in [0.4, 0.5) is 0 Å². The smallest absolute Gasteiger partial charge is 0.0919 e. The molecule has 0 saturated carbocycles. The van der Waals surface area contributed by atoms with E-state index in [1.807, 2.05) is 18.2 Å². The summed E-state index contributed by atoms with van der Waals surface area (Å²) in [6, 6.07) is 8.72. The van der Waals surface area contributed by atoms with Gasteiger partial charge >= 0.3 is 0 Å². The maximum atomic E-state index is 10.4. The molecule has 19 heavy (non-hydrogen) atoms. The molecule has 1 aromatic carbocycles. The first-order valence-corrected chi connectivity index (χ1v) is 7.11. The highest BCUT2D eigenvalue weighted by Crippen LogP contribution is 2.24. The molecular formula is C16H26N2O. The Morgan fingerprint density at radius 3 is 2.58 bits per heavy atom. The number of aliphatic hydroxyl groups is 1. The molecule has 1 fully saturated rings. The average Bonchev–Trinajstić information content (AvgIpc) is 2.70. The highest BCUT2D eigenvalue weighted by Gasteiger charge is 2.31. The van der Waals surface area contributed by atoms with Crippen LogP contribution in [0.1, 0.15) is 24.2 Å². The van der Waals surface area contributed by atoms with Gasteiger partial charge in [0.25, 0.3) is 0 Å². The van der Waals surface area contributed by atoms with Crippen molar-refractivity contribution in [3.63, 3.8) is 0 Å². The second kappa shape index (κ2) is 6.04. The number of rotatable bonds is 4. The van der Waals surface area contributed by atoms with E-state index in [1.165, 1.54) is 5.56 Å². The van der Waals surface area contributed by atoms with E-state index in [0.717, 1.165) is 25.2 Å². The lowest BCUT2D eigenvalue weighted by atomic mass is 10.0. The lowest BCUT2D eigenvalue weighted by molar-refractivity contribution is 0.121.